The summed E-state index contributed by atoms with van der Waals surface area (Å²) in [5, 5.41) is 13.6. The van der Waals surface area contributed by atoms with Gasteiger partial charge in [-0.25, -0.2) is 4.39 Å². The molecule has 0 amide bonds. The van der Waals surface area contributed by atoms with Gasteiger partial charge in [0.2, 0.25) is 11.6 Å². The van der Waals surface area contributed by atoms with Crippen molar-refractivity contribution in [2.45, 2.75) is 12.5 Å². The van der Waals surface area contributed by atoms with E-state index in [4.69, 9.17) is 4.74 Å². The zero-order valence-corrected chi connectivity index (χ0v) is 8.78. The zero-order chi connectivity index (χ0) is 12.4. The van der Waals surface area contributed by atoms with E-state index in [1.54, 1.807) is 0 Å². The molecule has 0 aliphatic carbocycles. The fourth-order valence-electron chi connectivity index (χ4n) is 1.67. The molecular formula is C10H10F2N2O3. The highest BCUT2D eigenvalue weighted by molar-refractivity contribution is 5.47. The van der Waals surface area contributed by atoms with Crippen LogP contribution in [0.3, 0.4) is 0 Å². The number of halogens is 2. The molecule has 1 unspecified atom stereocenters. The van der Waals surface area contributed by atoms with Crippen molar-refractivity contribution >= 4 is 5.69 Å². The van der Waals surface area contributed by atoms with E-state index < -0.39 is 28.0 Å². The number of rotatable bonds is 3. The van der Waals surface area contributed by atoms with Gasteiger partial charge in [-0.05, 0) is 19.0 Å². The lowest BCUT2D eigenvalue weighted by Gasteiger charge is -2.13. The Bertz CT molecular complexity index is 447. The van der Waals surface area contributed by atoms with Gasteiger partial charge in [0.15, 0.2) is 5.82 Å². The van der Waals surface area contributed by atoms with Crippen LogP contribution in [0.25, 0.3) is 0 Å². The summed E-state index contributed by atoms with van der Waals surface area (Å²) in [6, 6.07) is 1.61. The van der Waals surface area contributed by atoms with Crippen molar-refractivity contribution < 1.29 is 18.4 Å². The van der Waals surface area contributed by atoms with Gasteiger partial charge in [0.25, 0.3) is 0 Å². The summed E-state index contributed by atoms with van der Waals surface area (Å²) in [6.45, 7) is 1.16. The molecule has 1 aromatic carbocycles. The number of benzene rings is 1. The fraction of sp³-hybridized carbons (Fsp3) is 0.400. The third-order valence-electron chi connectivity index (χ3n) is 2.53. The van der Waals surface area contributed by atoms with Crippen LogP contribution >= 0.6 is 0 Å². The van der Waals surface area contributed by atoms with Crippen molar-refractivity contribution in [2.75, 3.05) is 13.1 Å². The minimum absolute atomic E-state index is 0.370. The van der Waals surface area contributed by atoms with Crippen molar-refractivity contribution in [1.29, 1.82) is 0 Å². The van der Waals surface area contributed by atoms with Gasteiger partial charge in [-0.3, -0.25) is 10.1 Å². The summed E-state index contributed by atoms with van der Waals surface area (Å²) in [6.07, 6.45) is 0.234. The molecule has 0 radical (unpaired) electrons. The summed E-state index contributed by atoms with van der Waals surface area (Å²) in [5.41, 5.74) is -0.559. The highest BCUT2D eigenvalue weighted by atomic mass is 19.2. The van der Waals surface area contributed by atoms with Crippen LogP contribution in [-0.4, -0.2) is 24.1 Å². The first kappa shape index (κ1) is 11.7. The normalized spacial score (nSPS) is 19.3. The maximum Gasteiger partial charge on any atom is 0.314 e. The van der Waals surface area contributed by atoms with E-state index >= 15 is 0 Å². The molecule has 1 saturated heterocycles. The number of ether oxygens (including phenoxy) is 1. The van der Waals surface area contributed by atoms with Crippen LogP contribution < -0.4 is 10.1 Å². The first-order valence-corrected chi connectivity index (χ1v) is 5.09. The second kappa shape index (κ2) is 4.62. The van der Waals surface area contributed by atoms with Gasteiger partial charge in [-0.1, -0.05) is 0 Å². The highest BCUT2D eigenvalue weighted by Crippen LogP contribution is 2.32. The average molecular weight is 244 g/mol. The van der Waals surface area contributed by atoms with E-state index in [1.807, 2.05) is 0 Å². The van der Waals surface area contributed by atoms with Gasteiger partial charge in [-0.2, -0.15) is 4.39 Å². The topological polar surface area (TPSA) is 64.4 Å². The van der Waals surface area contributed by atoms with E-state index in [0.717, 1.165) is 6.07 Å². The number of nitro benzene ring substituents is 1. The molecule has 17 heavy (non-hydrogen) atoms. The smallest absolute Gasteiger partial charge is 0.314 e. The van der Waals surface area contributed by atoms with E-state index in [2.05, 4.69) is 5.32 Å². The summed E-state index contributed by atoms with van der Waals surface area (Å²) in [7, 11) is 0. The van der Waals surface area contributed by atoms with Crippen LogP contribution in [0.2, 0.25) is 0 Å². The SMILES string of the molecule is O=[N+]([O-])c1ccc(F)c(F)c1OC1CCNC1. The lowest BCUT2D eigenvalue weighted by atomic mass is 10.2. The van der Waals surface area contributed by atoms with Crippen LogP contribution in [0.1, 0.15) is 6.42 Å². The van der Waals surface area contributed by atoms with Crippen molar-refractivity contribution in [3.8, 4) is 5.75 Å². The highest BCUT2D eigenvalue weighted by Gasteiger charge is 2.27. The molecule has 2 rings (SSSR count). The molecule has 1 aromatic rings. The fourth-order valence-corrected chi connectivity index (χ4v) is 1.67. The number of nitrogens with one attached hydrogen (secondary N) is 1. The Hall–Kier alpha value is -1.76. The Kier molecular flexibility index (Phi) is 3.19. The first-order valence-electron chi connectivity index (χ1n) is 5.09. The monoisotopic (exact) mass is 244 g/mol. The molecule has 1 aliphatic rings. The van der Waals surface area contributed by atoms with Gasteiger partial charge in [0.1, 0.15) is 6.10 Å². The molecule has 1 atom stereocenters. The molecule has 0 spiro atoms. The minimum atomic E-state index is -1.31. The minimum Gasteiger partial charge on any atom is -0.480 e. The Morgan fingerprint density at radius 3 is 2.82 bits per heavy atom. The van der Waals surface area contributed by atoms with E-state index in [1.165, 1.54) is 0 Å². The molecule has 1 heterocycles. The average Bonchev–Trinajstić information content (AvgIpc) is 2.77. The van der Waals surface area contributed by atoms with Crippen LogP contribution in [0, 0.1) is 21.7 Å². The van der Waals surface area contributed by atoms with Crippen LogP contribution in [0.15, 0.2) is 12.1 Å². The maximum atomic E-state index is 13.5. The third-order valence-corrected chi connectivity index (χ3v) is 2.53. The predicted octanol–water partition coefficient (Wildman–Crippen LogP) is 1.61. The maximum absolute atomic E-state index is 13.5. The molecule has 0 aromatic heterocycles. The molecule has 1 fully saturated rings. The van der Waals surface area contributed by atoms with Crippen molar-refractivity contribution in [3.63, 3.8) is 0 Å². The molecule has 0 bridgehead atoms. The summed E-state index contributed by atoms with van der Waals surface area (Å²) in [4.78, 5) is 9.89. The number of hydrogen-bond acceptors (Lipinski definition) is 4. The van der Waals surface area contributed by atoms with E-state index in [-0.39, 0.29) is 6.10 Å². The van der Waals surface area contributed by atoms with Gasteiger partial charge < -0.3 is 10.1 Å². The number of nitro groups is 1. The Morgan fingerprint density at radius 1 is 1.47 bits per heavy atom. The van der Waals surface area contributed by atoms with Crippen molar-refractivity contribution in [1.82, 2.24) is 5.32 Å². The Morgan fingerprint density at radius 2 is 2.24 bits per heavy atom. The van der Waals surface area contributed by atoms with Crippen molar-refractivity contribution in [3.05, 3.63) is 33.9 Å². The molecule has 92 valence electrons. The number of hydrogen-bond donors (Lipinski definition) is 1. The lowest BCUT2D eigenvalue weighted by Crippen LogP contribution is -2.20. The van der Waals surface area contributed by atoms with Crippen molar-refractivity contribution in [2.24, 2.45) is 0 Å². The molecule has 0 saturated carbocycles. The van der Waals surface area contributed by atoms with Crippen LogP contribution in [0.4, 0.5) is 14.5 Å². The van der Waals surface area contributed by atoms with Gasteiger partial charge in [-0.15, -0.1) is 0 Å². The zero-order valence-electron chi connectivity index (χ0n) is 8.78. The molecule has 1 N–H and O–H groups in total. The number of nitrogens with zero attached hydrogens (tertiary/aromatic N) is 1. The first-order chi connectivity index (χ1) is 8.09. The predicted molar refractivity (Wildman–Crippen MR) is 54.9 cm³/mol. The summed E-state index contributed by atoms with van der Waals surface area (Å²) < 4.78 is 31.6. The van der Waals surface area contributed by atoms with Crippen LogP contribution in [-0.2, 0) is 0 Å². The second-order valence-corrected chi connectivity index (χ2v) is 3.70. The summed E-state index contributed by atoms with van der Waals surface area (Å²) in [5.74, 6) is -3.09. The Balaban J connectivity index is 2.34. The summed E-state index contributed by atoms with van der Waals surface area (Å²) >= 11 is 0. The van der Waals surface area contributed by atoms with E-state index in [0.29, 0.717) is 25.6 Å². The van der Waals surface area contributed by atoms with Gasteiger partial charge in [0, 0.05) is 12.6 Å². The van der Waals surface area contributed by atoms with Gasteiger partial charge in [0.05, 0.1) is 4.92 Å². The third kappa shape index (κ3) is 2.33. The standard InChI is InChI=1S/C10H10F2N2O3/c11-7-1-2-8(14(15)16)10(9(7)12)17-6-3-4-13-5-6/h1-2,6,13H,3-5H2. The quantitative estimate of drug-likeness (QED) is 0.648. The molecule has 5 nitrogen and oxygen atoms in total. The largest absolute Gasteiger partial charge is 0.480 e. The lowest BCUT2D eigenvalue weighted by molar-refractivity contribution is -0.386. The van der Waals surface area contributed by atoms with Gasteiger partial charge >= 0.3 is 5.69 Å². The molecule has 7 heteroatoms. The molecule has 1 aliphatic heterocycles. The second-order valence-electron chi connectivity index (χ2n) is 3.70. The Labute approximate surface area is 95.5 Å². The van der Waals surface area contributed by atoms with E-state index in [9.17, 15) is 18.9 Å². The van der Waals surface area contributed by atoms with Crippen LogP contribution in [0.5, 0.6) is 5.75 Å². The molecular weight excluding hydrogens is 234 g/mol.